The van der Waals surface area contributed by atoms with Crippen LogP contribution in [0.25, 0.3) is 0 Å². The van der Waals surface area contributed by atoms with Gasteiger partial charge in [0.25, 0.3) is 0 Å². The first kappa shape index (κ1) is 11.1. The van der Waals surface area contributed by atoms with Crippen molar-refractivity contribution in [1.29, 1.82) is 0 Å². The van der Waals surface area contributed by atoms with Crippen molar-refractivity contribution in [2.24, 2.45) is 5.92 Å². The smallest absolute Gasteiger partial charge is 0.143 e. The maximum atomic E-state index is 5.81. The molecule has 0 saturated carbocycles. The number of nitrogen functional groups attached to an aromatic ring is 1. The van der Waals surface area contributed by atoms with Crippen LogP contribution in [0.15, 0.2) is 18.2 Å². The van der Waals surface area contributed by atoms with Crippen LogP contribution in [0.4, 0.5) is 11.4 Å². The van der Waals surface area contributed by atoms with E-state index in [0.717, 1.165) is 24.8 Å². The minimum Gasteiger partial charge on any atom is -0.495 e. The number of nitrogens with zero attached hydrogens (tertiary/aromatic N) is 1. The maximum Gasteiger partial charge on any atom is 0.143 e. The minimum atomic E-state index is 0.705. The molecular weight excluding hydrogens is 200 g/mol. The third kappa shape index (κ3) is 2.23. The second kappa shape index (κ2) is 4.64. The molecule has 1 fully saturated rings. The normalized spacial score (nSPS) is 17.5. The minimum absolute atomic E-state index is 0.705. The van der Waals surface area contributed by atoms with Crippen LogP contribution in [0.3, 0.4) is 0 Å². The summed E-state index contributed by atoms with van der Waals surface area (Å²) in [5.41, 5.74) is 7.73. The highest BCUT2D eigenvalue weighted by atomic mass is 16.5. The molecule has 3 heteroatoms. The molecule has 1 aliphatic rings. The number of hydrogen-bond acceptors (Lipinski definition) is 3. The van der Waals surface area contributed by atoms with Crippen molar-refractivity contribution in [3.05, 3.63) is 18.2 Å². The summed E-state index contributed by atoms with van der Waals surface area (Å²) in [4.78, 5) is 2.40. The highest BCUT2D eigenvalue weighted by Crippen LogP contribution is 2.29. The van der Waals surface area contributed by atoms with E-state index in [4.69, 9.17) is 10.5 Å². The molecule has 3 nitrogen and oxygen atoms in total. The molecule has 0 radical (unpaired) electrons. The summed E-state index contributed by atoms with van der Waals surface area (Å²) in [7, 11) is 1.66. The predicted octanol–water partition coefficient (Wildman–Crippen LogP) is 2.51. The zero-order valence-corrected chi connectivity index (χ0v) is 10.1. The molecule has 1 heterocycles. The summed E-state index contributed by atoms with van der Waals surface area (Å²) in [5, 5.41) is 0. The van der Waals surface area contributed by atoms with Gasteiger partial charge in [-0.15, -0.1) is 0 Å². The van der Waals surface area contributed by atoms with Gasteiger partial charge in [0.15, 0.2) is 0 Å². The largest absolute Gasteiger partial charge is 0.495 e. The van der Waals surface area contributed by atoms with Crippen molar-refractivity contribution in [3.8, 4) is 5.75 Å². The number of anilines is 2. The van der Waals surface area contributed by atoms with Crippen LogP contribution in [-0.2, 0) is 0 Å². The lowest BCUT2D eigenvalue weighted by atomic mass is 9.99. The molecule has 1 aromatic carbocycles. The Kier molecular flexibility index (Phi) is 3.22. The number of nitrogens with two attached hydrogens (primary N) is 1. The Balaban J connectivity index is 2.14. The Labute approximate surface area is 97.2 Å². The van der Waals surface area contributed by atoms with Crippen LogP contribution in [-0.4, -0.2) is 20.2 Å². The van der Waals surface area contributed by atoms with Gasteiger partial charge >= 0.3 is 0 Å². The van der Waals surface area contributed by atoms with Gasteiger partial charge in [-0.2, -0.15) is 0 Å². The van der Waals surface area contributed by atoms with E-state index in [0.29, 0.717) is 5.69 Å². The van der Waals surface area contributed by atoms with Crippen molar-refractivity contribution in [2.75, 3.05) is 30.8 Å². The van der Waals surface area contributed by atoms with Gasteiger partial charge in [-0.3, -0.25) is 0 Å². The fourth-order valence-electron chi connectivity index (χ4n) is 2.16. The van der Waals surface area contributed by atoms with Crippen molar-refractivity contribution < 1.29 is 4.74 Å². The van der Waals surface area contributed by atoms with Crippen molar-refractivity contribution >= 4 is 11.4 Å². The lowest BCUT2D eigenvalue weighted by Gasteiger charge is -2.32. The predicted molar refractivity (Wildman–Crippen MR) is 68.0 cm³/mol. The van der Waals surface area contributed by atoms with Crippen LogP contribution in [0.1, 0.15) is 19.8 Å². The van der Waals surface area contributed by atoms with Crippen molar-refractivity contribution in [3.63, 3.8) is 0 Å². The number of methoxy groups -OCH3 is 1. The lowest BCUT2D eigenvalue weighted by molar-refractivity contribution is 0.415. The Morgan fingerprint density at radius 2 is 2.00 bits per heavy atom. The van der Waals surface area contributed by atoms with Gasteiger partial charge in [-0.05, 0) is 30.9 Å². The molecule has 1 aromatic rings. The lowest BCUT2D eigenvalue weighted by Crippen LogP contribution is -2.32. The van der Waals surface area contributed by atoms with E-state index in [1.807, 2.05) is 12.1 Å². The van der Waals surface area contributed by atoms with Gasteiger partial charge in [0, 0.05) is 24.8 Å². The topological polar surface area (TPSA) is 38.5 Å². The summed E-state index contributed by atoms with van der Waals surface area (Å²) >= 11 is 0. The van der Waals surface area contributed by atoms with Crippen molar-refractivity contribution in [2.45, 2.75) is 19.8 Å². The van der Waals surface area contributed by atoms with Crippen LogP contribution in [0, 0.1) is 5.92 Å². The molecule has 2 N–H and O–H groups in total. The van der Waals surface area contributed by atoms with E-state index >= 15 is 0 Å². The molecule has 1 saturated heterocycles. The zero-order chi connectivity index (χ0) is 11.5. The summed E-state index contributed by atoms with van der Waals surface area (Å²) in [6.45, 7) is 4.59. The van der Waals surface area contributed by atoms with Gasteiger partial charge in [0.05, 0.1) is 12.8 Å². The Morgan fingerprint density at radius 1 is 1.31 bits per heavy atom. The standard InChI is InChI=1S/C13H20N2O/c1-10-5-7-15(8-6-10)11-3-4-12(14)13(9-11)16-2/h3-4,9-10H,5-8,14H2,1-2H3. The molecule has 0 bridgehead atoms. The first-order valence-corrected chi connectivity index (χ1v) is 5.89. The van der Waals surface area contributed by atoms with E-state index in [9.17, 15) is 0 Å². The maximum absolute atomic E-state index is 5.81. The summed E-state index contributed by atoms with van der Waals surface area (Å²) < 4.78 is 5.25. The molecule has 88 valence electrons. The average Bonchev–Trinajstić information content (AvgIpc) is 2.31. The number of benzene rings is 1. The molecule has 2 rings (SSSR count). The van der Waals surface area contributed by atoms with Gasteiger partial charge in [0.2, 0.25) is 0 Å². The van der Waals surface area contributed by atoms with Crippen LogP contribution < -0.4 is 15.4 Å². The molecule has 16 heavy (non-hydrogen) atoms. The monoisotopic (exact) mass is 220 g/mol. The summed E-state index contributed by atoms with van der Waals surface area (Å²) in [5.74, 6) is 1.63. The highest BCUT2D eigenvalue weighted by Gasteiger charge is 2.16. The molecule has 0 atom stereocenters. The Morgan fingerprint density at radius 3 is 2.62 bits per heavy atom. The van der Waals surface area contributed by atoms with Crippen LogP contribution in [0.5, 0.6) is 5.75 Å². The summed E-state index contributed by atoms with van der Waals surface area (Å²) in [6, 6.07) is 6.03. The third-order valence-corrected chi connectivity index (χ3v) is 3.37. The second-order valence-corrected chi connectivity index (χ2v) is 4.60. The average molecular weight is 220 g/mol. The number of ether oxygens (including phenoxy) is 1. The van der Waals surface area contributed by atoms with Crippen LogP contribution in [0.2, 0.25) is 0 Å². The first-order chi connectivity index (χ1) is 7.70. The quantitative estimate of drug-likeness (QED) is 0.778. The fraction of sp³-hybridized carbons (Fsp3) is 0.538. The molecule has 0 aliphatic carbocycles. The zero-order valence-electron chi connectivity index (χ0n) is 10.1. The number of rotatable bonds is 2. The van der Waals surface area contributed by atoms with E-state index in [-0.39, 0.29) is 0 Å². The van der Waals surface area contributed by atoms with Gasteiger partial charge in [-0.1, -0.05) is 6.92 Å². The number of piperidine rings is 1. The van der Waals surface area contributed by atoms with Gasteiger partial charge in [-0.25, -0.2) is 0 Å². The molecule has 0 amide bonds. The molecule has 0 spiro atoms. The molecule has 0 unspecified atom stereocenters. The first-order valence-electron chi connectivity index (χ1n) is 5.89. The molecule has 0 aromatic heterocycles. The Bertz CT molecular complexity index is 357. The fourth-order valence-corrected chi connectivity index (χ4v) is 2.16. The van der Waals surface area contributed by atoms with Gasteiger partial charge in [0.1, 0.15) is 5.75 Å². The van der Waals surface area contributed by atoms with E-state index in [2.05, 4.69) is 17.9 Å². The Hall–Kier alpha value is -1.38. The van der Waals surface area contributed by atoms with E-state index in [1.165, 1.54) is 18.5 Å². The van der Waals surface area contributed by atoms with E-state index < -0.39 is 0 Å². The second-order valence-electron chi connectivity index (χ2n) is 4.60. The SMILES string of the molecule is COc1cc(N2CCC(C)CC2)ccc1N. The summed E-state index contributed by atoms with van der Waals surface area (Å²) in [6.07, 6.45) is 2.54. The van der Waals surface area contributed by atoms with Crippen LogP contribution >= 0.6 is 0 Å². The van der Waals surface area contributed by atoms with E-state index in [1.54, 1.807) is 7.11 Å². The van der Waals surface area contributed by atoms with Crippen molar-refractivity contribution in [1.82, 2.24) is 0 Å². The molecule has 1 aliphatic heterocycles. The molecular formula is C13H20N2O. The van der Waals surface area contributed by atoms with Gasteiger partial charge < -0.3 is 15.4 Å². The number of hydrogen-bond donors (Lipinski definition) is 1. The highest BCUT2D eigenvalue weighted by molar-refractivity contribution is 5.62. The third-order valence-electron chi connectivity index (χ3n) is 3.37.